The second-order valence-electron chi connectivity index (χ2n) is 6.41. The van der Waals surface area contributed by atoms with E-state index in [-0.39, 0.29) is 0 Å². The van der Waals surface area contributed by atoms with E-state index < -0.39 is 5.69 Å². The van der Waals surface area contributed by atoms with Crippen LogP contribution in [0.2, 0.25) is 0 Å². The zero-order valence-corrected chi connectivity index (χ0v) is 16.1. The Balaban J connectivity index is 1.69. The Morgan fingerprint density at radius 2 is 2.00 bits per heavy atom. The summed E-state index contributed by atoms with van der Waals surface area (Å²) in [5.41, 5.74) is 2.08. The number of aryl methyl sites for hydroxylation is 1. The van der Waals surface area contributed by atoms with Crippen molar-refractivity contribution >= 4 is 38.8 Å². The molecule has 0 radical (unpaired) electrons. The second-order valence-corrected chi connectivity index (χ2v) is 7.44. The maximum Gasteiger partial charge on any atom is 0.353 e. The minimum atomic E-state index is -0.451. The predicted molar refractivity (Wildman–Crippen MR) is 112 cm³/mol. The molecular weight excluding hydrogens is 388 g/mol. The van der Waals surface area contributed by atoms with Crippen LogP contribution in [0.4, 0.5) is 0 Å². The van der Waals surface area contributed by atoms with Gasteiger partial charge in [0.2, 0.25) is 5.88 Å². The van der Waals surface area contributed by atoms with Crippen LogP contribution in [-0.4, -0.2) is 24.6 Å². The molecule has 0 bridgehead atoms. The number of nitrogens with zero attached hydrogens (tertiary/aromatic N) is 4. The van der Waals surface area contributed by atoms with Gasteiger partial charge in [0.15, 0.2) is 0 Å². The first-order chi connectivity index (χ1) is 14.2. The highest BCUT2D eigenvalue weighted by Gasteiger charge is 2.17. The fourth-order valence-corrected chi connectivity index (χ4v) is 4.22. The molecule has 1 N–H and O–H groups in total. The number of pyridine rings is 2. The van der Waals surface area contributed by atoms with E-state index in [1.165, 1.54) is 15.9 Å². The molecule has 0 spiro atoms. The Kier molecular flexibility index (Phi) is 3.99. The number of hydrogen-bond acceptors (Lipinski definition) is 7. The van der Waals surface area contributed by atoms with Gasteiger partial charge >= 0.3 is 5.69 Å². The molecule has 0 aliphatic rings. The van der Waals surface area contributed by atoms with Crippen LogP contribution >= 0.6 is 11.3 Å². The predicted octanol–water partition coefficient (Wildman–Crippen LogP) is 3.51. The summed E-state index contributed by atoms with van der Waals surface area (Å²) in [5.74, 6) is 1.12. The van der Waals surface area contributed by atoms with Gasteiger partial charge in [-0.2, -0.15) is 4.98 Å². The number of thiophene rings is 1. The maximum atomic E-state index is 12.9. The third-order valence-corrected chi connectivity index (χ3v) is 5.61. The molecule has 0 saturated heterocycles. The summed E-state index contributed by atoms with van der Waals surface area (Å²) < 4.78 is 7.80. The molecule has 142 valence electrons. The summed E-state index contributed by atoms with van der Waals surface area (Å²) in [5, 5.41) is 10.2. The SMILES string of the molecule is Cc1cc(Oc2ccccc2)ncc1-n1c(=O)nc2c(=CO)sc3nccc1c32. The summed E-state index contributed by atoms with van der Waals surface area (Å²) >= 11 is 1.28. The van der Waals surface area contributed by atoms with E-state index in [9.17, 15) is 9.90 Å². The van der Waals surface area contributed by atoms with Gasteiger partial charge in [-0.3, -0.25) is 4.57 Å². The molecule has 0 aliphatic carbocycles. The summed E-state index contributed by atoms with van der Waals surface area (Å²) in [6.45, 7) is 1.89. The molecule has 0 atom stereocenters. The molecule has 0 fully saturated rings. The van der Waals surface area contributed by atoms with Crippen LogP contribution in [0.5, 0.6) is 11.6 Å². The lowest BCUT2D eigenvalue weighted by Crippen LogP contribution is -2.23. The quantitative estimate of drug-likeness (QED) is 0.497. The lowest BCUT2D eigenvalue weighted by molar-refractivity contribution is 0.462. The fourth-order valence-electron chi connectivity index (χ4n) is 3.30. The van der Waals surface area contributed by atoms with Crippen LogP contribution in [0.15, 0.2) is 59.7 Å². The Hall–Kier alpha value is -3.78. The molecule has 7 nitrogen and oxygen atoms in total. The first-order valence-electron chi connectivity index (χ1n) is 8.80. The van der Waals surface area contributed by atoms with Crippen molar-refractivity contribution in [3.8, 4) is 17.3 Å². The first-order valence-corrected chi connectivity index (χ1v) is 9.61. The lowest BCUT2D eigenvalue weighted by atomic mass is 10.2. The van der Waals surface area contributed by atoms with Gasteiger partial charge in [0.05, 0.1) is 33.6 Å². The largest absolute Gasteiger partial charge is 0.514 e. The van der Waals surface area contributed by atoms with Crippen LogP contribution in [-0.2, 0) is 0 Å². The van der Waals surface area contributed by atoms with Crippen molar-refractivity contribution in [3.05, 3.63) is 75.4 Å². The number of ether oxygens (including phenoxy) is 1. The van der Waals surface area contributed by atoms with Crippen LogP contribution in [0.1, 0.15) is 5.56 Å². The number of aromatic nitrogens is 4. The molecule has 29 heavy (non-hydrogen) atoms. The Morgan fingerprint density at radius 1 is 1.17 bits per heavy atom. The number of hydrogen-bond donors (Lipinski definition) is 1. The van der Waals surface area contributed by atoms with Gasteiger partial charge in [-0.25, -0.2) is 14.8 Å². The third kappa shape index (κ3) is 2.81. The molecule has 0 unspecified atom stereocenters. The second kappa shape index (κ2) is 6.68. The van der Waals surface area contributed by atoms with Gasteiger partial charge in [-0.1, -0.05) is 18.2 Å². The maximum absolute atomic E-state index is 12.9. The monoisotopic (exact) mass is 402 g/mol. The third-order valence-electron chi connectivity index (χ3n) is 4.59. The molecule has 0 saturated carbocycles. The Bertz CT molecular complexity index is 1480. The minimum absolute atomic E-state index is 0.437. The lowest BCUT2D eigenvalue weighted by Gasteiger charge is -2.13. The van der Waals surface area contributed by atoms with Crippen LogP contribution in [0.25, 0.3) is 33.2 Å². The standard InChI is InChI=1S/C21H14N4O3S/c1-12-9-17(28-13-5-3-2-4-6-13)23-10-15(12)25-14-7-8-22-20-18(14)19(24-21(25)27)16(11-26)29-20/h2-11,26H,1H3. The van der Waals surface area contributed by atoms with E-state index in [4.69, 9.17) is 4.74 Å². The number of para-hydroxylation sites is 1. The highest BCUT2D eigenvalue weighted by atomic mass is 32.1. The van der Waals surface area contributed by atoms with Crippen LogP contribution in [0.3, 0.4) is 0 Å². The van der Waals surface area contributed by atoms with Crippen LogP contribution < -0.4 is 15.0 Å². The number of aliphatic hydroxyl groups is 1. The molecule has 0 amide bonds. The summed E-state index contributed by atoms with van der Waals surface area (Å²) in [6.07, 6.45) is 4.20. The van der Waals surface area contributed by atoms with E-state index in [1.54, 1.807) is 24.5 Å². The molecule has 0 aliphatic heterocycles. The number of aliphatic hydroxyl groups excluding tert-OH is 1. The zero-order chi connectivity index (χ0) is 20.0. The van der Waals surface area contributed by atoms with E-state index in [0.717, 1.165) is 17.2 Å². The van der Waals surface area contributed by atoms with Gasteiger partial charge in [-0.05, 0) is 30.7 Å². The summed E-state index contributed by atoms with van der Waals surface area (Å²) in [7, 11) is 0. The van der Waals surface area contributed by atoms with Gasteiger partial charge in [0.1, 0.15) is 16.1 Å². The van der Waals surface area contributed by atoms with E-state index in [1.807, 2.05) is 37.3 Å². The highest BCUT2D eigenvalue weighted by Crippen LogP contribution is 2.28. The Labute approximate surface area is 168 Å². The molecular formula is C21H14N4O3S. The molecule has 4 heterocycles. The van der Waals surface area contributed by atoms with Gasteiger partial charge in [0.25, 0.3) is 0 Å². The van der Waals surface area contributed by atoms with Crippen molar-refractivity contribution in [2.45, 2.75) is 6.92 Å². The molecule has 5 rings (SSSR count). The topological polar surface area (TPSA) is 90.1 Å². The molecule has 4 aromatic heterocycles. The van der Waals surface area contributed by atoms with Gasteiger partial charge in [0, 0.05) is 12.3 Å². The smallest absolute Gasteiger partial charge is 0.353 e. The first kappa shape index (κ1) is 17.3. The van der Waals surface area contributed by atoms with Crippen molar-refractivity contribution < 1.29 is 9.84 Å². The van der Waals surface area contributed by atoms with E-state index in [2.05, 4.69) is 15.0 Å². The normalized spacial score (nSPS) is 12.1. The van der Waals surface area contributed by atoms with Crippen LogP contribution in [0, 0.1) is 6.92 Å². The van der Waals surface area contributed by atoms with Gasteiger partial charge in [-0.15, -0.1) is 11.3 Å². The summed E-state index contributed by atoms with van der Waals surface area (Å²) in [4.78, 5) is 26.5. The average Bonchev–Trinajstić information content (AvgIpc) is 3.09. The molecule has 8 heteroatoms. The van der Waals surface area contributed by atoms with E-state index >= 15 is 0 Å². The van der Waals surface area contributed by atoms with Crippen molar-refractivity contribution in [1.82, 2.24) is 19.5 Å². The zero-order valence-electron chi connectivity index (χ0n) is 15.2. The van der Waals surface area contributed by atoms with Crippen molar-refractivity contribution in [2.75, 3.05) is 0 Å². The minimum Gasteiger partial charge on any atom is -0.514 e. The Morgan fingerprint density at radius 3 is 2.76 bits per heavy atom. The van der Waals surface area contributed by atoms with E-state index in [0.29, 0.717) is 37.7 Å². The summed E-state index contributed by atoms with van der Waals surface area (Å²) in [6, 6.07) is 12.9. The fraction of sp³-hybridized carbons (Fsp3) is 0.0476. The van der Waals surface area contributed by atoms with Crippen molar-refractivity contribution in [2.24, 2.45) is 0 Å². The molecule has 1 aromatic carbocycles. The van der Waals surface area contributed by atoms with Gasteiger partial charge < -0.3 is 9.84 Å². The van der Waals surface area contributed by atoms with Crippen molar-refractivity contribution in [1.29, 1.82) is 0 Å². The number of benzene rings is 1. The van der Waals surface area contributed by atoms with Crippen molar-refractivity contribution in [3.63, 3.8) is 0 Å². The number of rotatable bonds is 3. The average molecular weight is 402 g/mol. The molecule has 5 aromatic rings. The highest BCUT2D eigenvalue weighted by molar-refractivity contribution is 7.17.